The number of hydrogen-bond donors (Lipinski definition) is 3. The number of carboxylic acid groups (broad SMARTS) is 1. The maximum atomic E-state index is 11.4. The molecule has 35 heavy (non-hydrogen) atoms. The molecule has 0 bridgehead atoms. The van der Waals surface area contributed by atoms with Crippen molar-refractivity contribution in [2.75, 3.05) is 30.0 Å². The Hall–Kier alpha value is -4.35. The molecule has 3 aromatic rings. The lowest BCUT2D eigenvalue weighted by atomic mass is 10.1. The van der Waals surface area contributed by atoms with Gasteiger partial charge in [-0.2, -0.15) is 9.97 Å². The highest BCUT2D eigenvalue weighted by molar-refractivity contribution is 5.95. The number of anilines is 3. The summed E-state index contributed by atoms with van der Waals surface area (Å²) in [7, 11) is 1.90. The molecule has 0 saturated carbocycles. The van der Waals surface area contributed by atoms with Crippen molar-refractivity contribution in [2.24, 2.45) is 4.99 Å². The third-order valence-corrected chi connectivity index (χ3v) is 4.99. The quantitative estimate of drug-likeness (QED) is 0.207. The van der Waals surface area contributed by atoms with Gasteiger partial charge in [-0.1, -0.05) is 6.92 Å². The number of aromatic nitrogens is 4. The van der Waals surface area contributed by atoms with E-state index in [2.05, 4.69) is 24.9 Å². The summed E-state index contributed by atoms with van der Waals surface area (Å²) in [5.74, 6) is -0.462. The molecule has 2 aromatic heterocycles. The lowest BCUT2D eigenvalue weighted by molar-refractivity contribution is -0.137. The van der Waals surface area contributed by atoms with Crippen molar-refractivity contribution in [1.29, 1.82) is 0 Å². The van der Waals surface area contributed by atoms with Crippen molar-refractivity contribution in [2.45, 2.75) is 38.8 Å². The second-order valence-electron chi connectivity index (χ2n) is 7.82. The molecule has 0 fully saturated rings. The number of aldehydes is 1. The van der Waals surface area contributed by atoms with Crippen LogP contribution in [0.4, 0.5) is 17.5 Å². The van der Waals surface area contributed by atoms with E-state index in [0.717, 1.165) is 12.1 Å². The normalized spacial score (nSPS) is 12.3. The van der Waals surface area contributed by atoms with Gasteiger partial charge in [-0.3, -0.25) is 4.79 Å². The predicted octanol–water partition coefficient (Wildman–Crippen LogP) is 1.83. The van der Waals surface area contributed by atoms with Crippen LogP contribution < -0.4 is 16.4 Å². The number of hydrogen-bond acceptors (Lipinski definition) is 11. The zero-order valence-electron chi connectivity index (χ0n) is 19.6. The highest BCUT2D eigenvalue weighted by atomic mass is 16.5. The molecule has 0 amide bonds. The third kappa shape index (κ3) is 6.82. The van der Waals surface area contributed by atoms with E-state index in [1.807, 2.05) is 43.1 Å². The molecule has 5 N–H and O–H groups in total. The molecule has 1 aromatic carbocycles. The zero-order valence-corrected chi connectivity index (χ0v) is 19.6. The summed E-state index contributed by atoms with van der Waals surface area (Å²) >= 11 is 0. The van der Waals surface area contributed by atoms with Crippen LogP contribution in [-0.2, 0) is 20.9 Å². The number of rotatable bonds is 11. The number of carbonyl (C=O) groups is 2. The van der Waals surface area contributed by atoms with Crippen molar-refractivity contribution in [1.82, 2.24) is 19.9 Å². The number of aliphatic imine (C=N–C) groups is 1. The van der Waals surface area contributed by atoms with Crippen LogP contribution >= 0.6 is 0 Å². The van der Waals surface area contributed by atoms with Gasteiger partial charge in [0.1, 0.15) is 12.3 Å². The molecule has 1 unspecified atom stereocenters. The fourth-order valence-corrected chi connectivity index (χ4v) is 3.23. The van der Waals surface area contributed by atoms with Gasteiger partial charge in [-0.15, -0.1) is 0 Å². The lowest BCUT2D eigenvalue weighted by Gasteiger charge is -2.19. The summed E-state index contributed by atoms with van der Waals surface area (Å²) < 4.78 is 5.75. The summed E-state index contributed by atoms with van der Waals surface area (Å²) in [4.78, 5) is 45.3. The molecule has 1 atom stereocenters. The molecular weight excluding hydrogens is 452 g/mol. The number of carboxylic acids is 1. The number of ether oxygens (including phenoxy) is 1. The molecule has 3 rings (SSSR count). The summed E-state index contributed by atoms with van der Waals surface area (Å²) in [5, 5.41) is 8.89. The first-order chi connectivity index (χ1) is 16.8. The van der Waals surface area contributed by atoms with Crippen molar-refractivity contribution >= 4 is 46.8 Å². The Kier molecular flexibility index (Phi) is 8.43. The SMILES string of the molecule is CCCOC(=NC(C=O)CCC(=O)O)c1ccc(N(C)Cc2cnc3nc(N)nc(N)c3n2)cc1. The first-order valence-corrected chi connectivity index (χ1v) is 11.0. The Morgan fingerprint density at radius 1 is 1.23 bits per heavy atom. The van der Waals surface area contributed by atoms with Gasteiger partial charge in [0.2, 0.25) is 11.8 Å². The minimum Gasteiger partial charge on any atom is -0.481 e. The van der Waals surface area contributed by atoms with Gasteiger partial charge in [0.15, 0.2) is 17.0 Å². The molecular formula is C23H28N8O4. The monoisotopic (exact) mass is 480 g/mol. The van der Waals surface area contributed by atoms with Gasteiger partial charge in [-0.25, -0.2) is 15.0 Å². The maximum absolute atomic E-state index is 11.4. The number of nitrogen functional groups attached to an aromatic ring is 2. The Labute approximate surface area is 202 Å². The standard InChI is InChI=1S/C23H28N8O4/c1-3-10-35-22(28-15(13-32)6-9-18(33)34)14-4-7-17(8-5-14)31(2)12-16-11-26-21-19(27-16)20(24)29-23(25)30-21/h4-5,7-8,11,13,15H,3,6,9-10,12H2,1-2H3,(H,33,34)(H4,24,25,26,29,30). The van der Waals surface area contributed by atoms with Gasteiger partial charge >= 0.3 is 5.97 Å². The smallest absolute Gasteiger partial charge is 0.303 e. The van der Waals surface area contributed by atoms with Crippen LogP contribution in [0.2, 0.25) is 0 Å². The van der Waals surface area contributed by atoms with Crippen LogP contribution in [0.3, 0.4) is 0 Å². The molecule has 12 heteroatoms. The van der Waals surface area contributed by atoms with Crippen LogP contribution in [0.25, 0.3) is 11.2 Å². The fourth-order valence-electron chi connectivity index (χ4n) is 3.23. The van der Waals surface area contributed by atoms with E-state index >= 15 is 0 Å². The number of aliphatic carboxylic acids is 1. The van der Waals surface area contributed by atoms with E-state index in [1.54, 1.807) is 6.20 Å². The second-order valence-corrected chi connectivity index (χ2v) is 7.82. The first kappa shape index (κ1) is 25.3. The van der Waals surface area contributed by atoms with Gasteiger partial charge in [0, 0.05) is 24.7 Å². The first-order valence-electron chi connectivity index (χ1n) is 11.0. The van der Waals surface area contributed by atoms with E-state index in [1.165, 1.54) is 0 Å². The van der Waals surface area contributed by atoms with Crippen LogP contribution in [0.1, 0.15) is 37.4 Å². The number of nitrogens with zero attached hydrogens (tertiary/aromatic N) is 6. The molecule has 184 valence electrons. The largest absolute Gasteiger partial charge is 0.481 e. The average Bonchev–Trinajstić information content (AvgIpc) is 2.84. The summed E-state index contributed by atoms with van der Waals surface area (Å²) in [5.41, 5.74) is 14.5. The number of nitrogens with two attached hydrogens (primary N) is 2. The average molecular weight is 481 g/mol. The van der Waals surface area contributed by atoms with Crippen molar-refractivity contribution in [3.8, 4) is 0 Å². The minimum atomic E-state index is -0.981. The van der Waals surface area contributed by atoms with E-state index in [0.29, 0.717) is 47.8 Å². The number of fused-ring (bicyclic) bond motifs is 1. The molecule has 0 radical (unpaired) electrons. The maximum Gasteiger partial charge on any atom is 0.303 e. The third-order valence-electron chi connectivity index (χ3n) is 4.99. The summed E-state index contributed by atoms with van der Waals surface area (Å²) in [6.07, 6.45) is 2.96. The van der Waals surface area contributed by atoms with E-state index < -0.39 is 12.0 Å². The lowest BCUT2D eigenvalue weighted by Crippen LogP contribution is -2.19. The predicted molar refractivity (Wildman–Crippen MR) is 132 cm³/mol. The van der Waals surface area contributed by atoms with Crippen LogP contribution in [0.5, 0.6) is 0 Å². The molecule has 0 aliphatic carbocycles. The molecule has 0 spiro atoms. The van der Waals surface area contributed by atoms with Crippen molar-refractivity contribution in [3.63, 3.8) is 0 Å². The molecule has 0 aliphatic rings. The topological polar surface area (TPSA) is 183 Å². The Balaban J connectivity index is 1.77. The van der Waals surface area contributed by atoms with Gasteiger partial charge < -0.3 is 31.0 Å². The van der Waals surface area contributed by atoms with Gasteiger partial charge in [-0.05, 0) is 37.1 Å². The number of carbonyl (C=O) groups excluding carboxylic acids is 1. The van der Waals surface area contributed by atoms with Crippen LogP contribution in [0.15, 0.2) is 35.5 Å². The molecule has 12 nitrogen and oxygen atoms in total. The number of benzene rings is 1. The van der Waals surface area contributed by atoms with Crippen molar-refractivity contribution in [3.05, 3.63) is 41.7 Å². The molecule has 0 aliphatic heterocycles. The zero-order chi connectivity index (χ0) is 25.4. The van der Waals surface area contributed by atoms with Crippen LogP contribution in [0, 0.1) is 0 Å². The van der Waals surface area contributed by atoms with E-state index in [4.69, 9.17) is 21.3 Å². The summed E-state index contributed by atoms with van der Waals surface area (Å²) in [6.45, 7) is 2.83. The molecule has 2 heterocycles. The summed E-state index contributed by atoms with van der Waals surface area (Å²) in [6, 6.07) is 6.65. The fraction of sp³-hybridized carbons (Fsp3) is 0.348. The van der Waals surface area contributed by atoms with Gasteiger partial charge in [0.05, 0.1) is 25.0 Å². The Morgan fingerprint density at radius 2 is 1.97 bits per heavy atom. The minimum absolute atomic E-state index is 0.0430. The van der Waals surface area contributed by atoms with E-state index in [-0.39, 0.29) is 24.6 Å². The van der Waals surface area contributed by atoms with Gasteiger partial charge in [0.25, 0.3) is 0 Å². The van der Waals surface area contributed by atoms with E-state index in [9.17, 15) is 9.59 Å². The Morgan fingerprint density at radius 3 is 2.63 bits per heavy atom. The Bertz CT molecular complexity index is 1220. The second kappa shape index (κ2) is 11.7. The molecule has 0 saturated heterocycles. The van der Waals surface area contributed by atoms with Crippen LogP contribution in [-0.4, -0.2) is 62.9 Å². The van der Waals surface area contributed by atoms with Crippen molar-refractivity contribution < 1.29 is 19.4 Å². The highest BCUT2D eigenvalue weighted by Crippen LogP contribution is 2.19. The highest BCUT2D eigenvalue weighted by Gasteiger charge is 2.14.